The van der Waals surface area contributed by atoms with Gasteiger partial charge in [0.2, 0.25) is 0 Å². The van der Waals surface area contributed by atoms with Crippen molar-refractivity contribution in [3.8, 4) is 0 Å². The lowest BCUT2D eigenvalue weighted by atomic mass is 9.76. The third-order valence-corrected chi connectivity index (χ3v) is 4.03. The quantitative estimate of drug-likeness (QED) is 0.444. The van der Waals surface area contributed by atoms with E-state index in [0.717, 1.165) is 31.9 Å². The fourth-order valence-electron chi connectivity index (χ4n) is 2.50. The van der Waals surface area contributed by atoms with Crippen molar-refractivity contribution in [2.45, 2.75) is 39.0 Å². The van der Waals surface area contributed by atoms with Crippen LogP contribution in [-0.2, 0) is 5.41 Å². The average Bonchev–Trinajstić information content (AvgIpc) is 2.48. The zero-order chi connectivity index (χ0) is 15.0. The molecule has 0 atom stereocenters. The maximum atomic E-state index is 4.83. The number of nitrogens with zero attached hydrogens (tertiary/aromatic N) is 2. The van der Waals surface area contributed by atoms with E-state index >= 15 is 0 Å². The first kappa shape index (κ1) is 20.2. The zero-order valence-corrected chi connectivity index (χ0v) is 16.3. The van der Waals surface area contributed by atoms with Crippen molar-refractivity contribution >= 4 is 29.9 Å². The van der Waals surface area contributed by atoms with Crippen molar-refractivity contribution in [2.24, 2.45) is 4.99 Å². The molecule has 0 heterocycles. The van der Waals surface area contributed by atoms with Crippen molar-refractivity contribution in [3.05, 3.63) is 35.9 Å². The predicted molar refractivity (Wildman–Crippen MR) is 104 cm³/mol. The summed E-state index contributed by atoms with van der Waals surface area (Å²) >= 11 is 0. The highest BCUT2D eigenvalue weighted by Gasteiger charge is 2.28. The molecule has 0 saturated heterocycles. The number of nitrogens with one attached hydrogen (secondary N) is 1. The molecule has 1 aromatic rings. The van der Waals surface area contributed by atoms with Gasteiger partial charge in [0.15, 0.2) is 5.96 Å². The highest BCUT2D eigenvalue weighted by molar-refractivity contribution is 14.0. The third kappa shape index (κ3) is 5.49. The van der Waals surface area contributed by atoms with E-state index < -0.39 is 0 Å². The highest BCUT2D eigenvalue weighted by Crippen LogP contribution is 2.31. The van der Waals surface area contributed by atoms with Crippen LogP contribution in [0.25, 0.3) is 0 Å². The number of hydrogen-bond acceptors (Lipinski definition) is 1. The van der Waals surface area contributed by atoms with Gasteiger partial charge in [-0.05, 0) is 25.3 Å². The first-order valence-corrected chi connectivity index (χ1v) is 7.60. The molecule has 4 heteroatoms. The number of rotatable bonds is 6. The molecule has 120 valence electrons. The Morgan fingerprint density at radius 3 is 2.10 bits per heavy atom. The van der Waals surface area contributed by atoms with Crippen molar-refractivity contribution in [1.82, 2.24) is 10.2 Å². The smallest absolute Gasteiger partial charge is 0.193 e. The summed E-state index contributed by atoms with van der Waals surface area (Å²) in [6.45, 7) is 8.34. The number of aliphatic imine (C=N–C) groups is 1. The average molecular weight is 403 g/mol. The first-order valence-electron chi connectivity index (χ1n) is 7.60. The van der Waals surface area contributed by atoms with Crippen LogP contribution in [0.15, 0.2) is 35.3 Å². The summed E-state index contributed by atoms with van der Waals surface area (Å²) in [6, 6.07) is 10.8. The van der Waals surface area contributed by atoms with Crippen LogP contribution in [0, 0.1) is 0 Å². The fraction of sp³-hybridized carbons (Fsp3) is 0.588. The second-order valence-electron chi connectivity index (χ2n) is 5.42. The van der Waals surface area contributed by atoms with Crippen LogP contribution in [0.4, 0.5) is 0 Å². The van der Waals surface area contributed by atoms with Gasteiger partial charge in [-0.2, -0.15) is 0 Å². The minimum absolute atomic E-state index is 0. The maximum absolute atomic E-state index is 4.83. The molecule has 0 aromatic heterocycles. The molecular weight excluding hydrogens is 373 g/mol. The molecule has 0 unspecified atom stereocenters. The van der Waals surface area contributed by atoms with Crippen LogP contribution in [0.5, 0.6) is 0 Å². The Kier molecular flexibility index (Phi) is 9.66. The predicted octanol–water partition coefficient (Wildman–Crippen LogP) is 3.89. The molecular formula is C17H30IN3. The van der Waals surface area contributed by atoms with Gasteiger partial charge in [0.1, 0.15) is 0 Å². The Morgan fingerprint density at radius 2 is 1.67 bits per heavy atom. The van der Waals surface area contributed by atoms with Gasteiger partial charge in [-0.3, -0.25) is 4.99 Å². The van der Waals surface area contributed by atoms with Crippen LogP contribution >= 0.6 is 24.0 Å². The normalized spacial score (nSPS) is 11.8. The summed E-state index contributed by atoms with van der Waals surface area (Å²) in [5.41, 5.74) is 1.53. The summed E-state index contributed by atoms with van der Waals surface area (Å²) in [5.74, 6) is 0.967. The monoisotopic (exact) mass is 403 g/mol. The minimum atomic E-state index is 0. The molecule has 0 radical (unpaired) electrons. The van der Waals surface area contributed by atoms with E-state index in [2.05, 4.69) is 56.4 Å². The van der Waals surface area contributed by atoms with Gasteiger partial charge in [0.25, 0.3) is 0 Å². The third-order valence-electron chi connectivity index (χ3n) is 4.03. The molecule has 0 amide bonds. The van der Waals surface area contributed by atoms with Crippen LogP contribution < -0.4 is 5.32 Å². The lowest BCUT2D eigenvalue weighted by molar-refractivity contribution is 0.404. The topological polar surface area (TPSA) is 27.6 Å². The summed E-state index contributed by atoms with van der Waals surface area (Å²) in [4.78, 5) is 6.88. The second kappa shape index (κ2) is 10.0. The van der Waals surface area contributed by atoms with Gasteiger partial charge in [0, 0.05) is 26.1 Å². The Balaban J connectivity index is 0.00000400. The lowest BCUT2D eigenvalue weighted by Gasteiger charge is -2.31. The van der Waals surface area contributed by atoms with E-state index in [0.29, 0.717) is 0 Å². The van der Waals surface area contributed by atoms with Crippen LogP contribution in [0.1, 0.15) is 39.2 Å². The van der Waals surface area contributed by atoms with Crippen LogP contribution in [-0.4, -0.2) is 38.0 Å². The molecule has 1 aromatic carbocycles. The van der Waals surface area contributed by atoms with Gasteiger partial charge in [-0.25, -0.2) is 0 Å². The summed E-state index contributed by atoms with van der Waals surface area (Å²) in [7, 11) is 4.06. The molecule has 3 nitrogen and oxygen atoms in total. The SMILES string of the molecule is CCNC(=NCC(CC)(CC)c1ccccc1)N(C)C.I. The van der Waals surface area contributed by atoms with Gasteiger partial charge in [-0.15, -0.1) is 24.0 Å². The molecule has 0 spiro atoms. The zero-order valence-electron chi connectivity index (χ0n) is 14.0. The van der Waals surface area contributed by atoms with Gasteiger partial charge < -0.3 is 10.2 Å². The van der Waals surface area contributed by atoms with E-state index in [1.165, 1.54) is 5.56 Å². The van der Waals surface area contributed by atoms with Crippen molar-refractivity contribution in [2.75, 3.05) is 27.2 Å². The van der Waals surface area contributed by atoms with Crippen molar-refractivity contribution < 1.29 is 0 Å². The maximum Gasteiger partial charge on any atom is 0.193 e. The van der Waals surface area contributed by atoms with Crippen molar-refractivity contribution in [3.63, 3.8) is 0 Å². The number of halogens is 1. The molecule has 0 aliphatic rings. The van der Waals surface area contributed by atoms with Crippen molar-refractivity contribution in [1.29, 1.82) is 0 Å². The minimum Gasteiger partial charge on any atom is -0.357 e. The largest absolute Gasteiger partial charge is 0.357 e. The summed E-state index contributed by atoms with van der Waals surface area (Å²) in [5, 5.41) is 3.33. The van der Waals surface area contributed by atoms with Gasteiger partial charge in [0.05, 0.1) is 6.54 Å². The molecule has 0 saturated carbocycles. The van der Waals surface area contributed by atoms with E-state index in [1.54, 1.807) is 0 Å². The van der Waals surface area contributed by atoms with Crippen LogP contribution in [0.3, 0.4) is 0 Å². The van der Waals surface area contributed by atoms with E-state index in [1.807, 2.05) is 19.0 Å². The standard InChI is InChI=1S/C17H29N3.HI/c1-6-17(7-2,15-12-10-9-11-13-15)14-19-16(18-8-3)20(4)5;/h9-13H,6-8,14H2,1-5H3,(H,18,19);1H. The lowest BCUT2D eigenvalue weighted by Crippen LogP contribution is -2.38. The Bertz CT molecular complexity index is 411. The summed E-state index contributed by atoms with van der Waals surface area (Å²) in [6.07, 6.45) is 2.20. The first-order chi connectivity index (χ1) is 9.59. The summed E-state index contributed by atoms with van der Waals surface area (Å²) < 4.78 is 0. The fourth-order valence-corrected chi connectivity index (χ4v) is 2.50. The molecule has 0 fully saturated rings. The number of benzene rings is 1. The Morgan fingerprint density at radius 1 is 1.10 bits per heavy atom. The van der Waals surface area contributed by atoms with Gasteiger partial charge >= 0.3 is 0 Å². The van der Waals surface area contributed by atoms with Gasteiger partial charge in [-0.1, -0.05) is 44.2 Å². The molecule has 0 aliphatic heterocycles. The van der Waals surface area contributed by atoms with E-state index in [4.69, 9.17) is 4.99 Å². The molecule has 0 bridgehead atoms. The number of hydrogen-bond donors (Lipinski definition) is 1. The molecule has 0 aliphatic carbocycles. The molecule has 21 heavy (non-hydrogen) atoms. The van der Waals surface area contributed by atoms with E-state index in [9.17, 15) is 0 Å². The van der Waals surface area contributed by atoms with Crippen LogP contribution in [0.2, 0.25) is 0 Å². The Hall–Kier alpha value is -0.780. The Labute approximate surface area is 147 Å². The molecule has 1 rings (SSSR count). The van der Waals surface area contributed by atoms with E-state index in [-0.39, 0.29) is 29.4 Å². The number of guanidine groups is 1. The molecule has 1 N–H and O–H groups in total. The highest BCUT2D eigenvalue weighted by atomic mass is 127. The second-order valence-corrected chi connectivity index (χ2v) is 5.42.